The molecular weight excluding hydrogens is 324 g/mol. The van der Waals surface area contributed by atoms with Crippen LogP contribution in [0.15, 0.2) is 17.0 Å². The third-order valence-corrected chi connectivity index (χ3v) is 3.86. The molecule has 0 fully saturated rings. The van der Waals surface area contributed by atoms with Crippen LogP contribution in [-0.2, 0) is 7.05 Å². The number of nitrogens with one attached hydrogen (secondary N) is 2. The molecule has 1 amide bonds. The molecule has 0 unspecified atom stereocenters. The van der Waals surface area contributed by atoms with Crippen LogP contribution in [0.2, 0.25) is 0 Å². The average molecular weight is 344 g/mol. The van der Waals surface area contributed by atoms with Gasteiger partial charge >= 0.3 is 0 Å². The topological polar surface area (TPSA) is 127 Å². The molecule has 0 saturated heterocycles. The van der Waals surface area contributed by atoms with Gasteiger partial charge < -0.3 is 9.84 Å². The molecule has 0 radical (unpaired) electrons. The van der Waals surface area contributed by atoms with Gasteiger partial charge in [0.1, 0.15) is 12.4 Å². The molecule has 0 aromatic carbocycles. The zero-order chi connectivity index (χ0) is 18.0. The van der Waals surface area contributed by atoms with Crippen molar-refractivity contribution in [1.29, 1.82) is 0 Å². The van der Waals surface area contributed by atoms with Crippen LogP contribution in [0, 0.1) is 12.8 Å². The van der Waals surface area contributed by atoms with Crippen molar-refractivity contribution in [3.8, 4) is 11.6 Å². The van der Waals surface area contributed by atoms with Gasteiger partial charge in [-0.2, -0.15) is 15.2 Å². The van der Waals surface area contributed by atoms with Gasteiger partial charge in [-0.05, 0) is 19.3 Å². The highest BCUT2D eigenvalue weighted by Crippen LogP contribution is 2.22. The first-order valence-corrected chi connectivity index (χ1v) is 7.94. The van der Waals surface area contributed by atoms with Crippen LogP contribution in [0.25, 0.3) is 11.6 Å². The van der Waals surface area contributed by atoms with E-state index in [0.29, 0.717) is 35.4 Å². The Balaban J connectivity index is 1.82. The predicted octanol–water partition coefficient (Wildman–Crippen LogP) is 1.41. The number of hydrogen-bond acceptors (Lipinski definition) is 7. The quantitative estimate of drug-likeness (QED) is 0.692. The van der Waals surface area contributed by atoms with Crippen molar-refractivity contribution >= 4 is 5.91 Å². The molecule has 2 N–H and O–H groups in total. The predicted molar refractivity (Wildman–Crippen MR) is 87.3 cm³/mol. The number of rotatable bonds is 6. The lowest BCUT2D eigenvalue weighted by Gasteiger charge is -2.16. The van der Waals surface area contributed by atoms with E-state index in [1.54, 1.807) is 17.9 Å². The molecule has 0 saturated carbocycles. The third kappa shape index (κ3) is 3.57. The number of aromatic nitrogens is 7. The van der Waals surface area contributed by atoms with E-state index < -0.39 is 6.04 Å². The first-order chi connectivity index (χ1) is 12.0. The summed E-state index contributed by atoms with van der Waals surface area (Å²) in [7, 11) is 1.79. The molecule has 3 aromatic heterocycles. The third-order valence-electron chi connectivity index (χ3n) is 3.86. The first-order valence-electron chi connectivity index (χ1n) is 7.94. The molecule has 1 atom stereocenters. The smallest absolute Gasteiger partial charge is 0.255 e. The van der Waals surface area contributed by atoms with Gasteiger partial charge in [0, 0.05) is 12.7 Å². The normalized spacial score (nSPS) is 12.5. The summed E-state index contributed by atoms with van der Waals surface area (Å²) in [5.74, 6) is 1.13. The van der Waals surface area contributed by atoms with E-state index >= 15 is 0 Å². The number of aryl methyl sites for hydroxylation is 1. The van der Waals surface area contributed by atoms with Crippen molar-refractivity contribution in [2.75, 3.05) is 0 Å². The van der Waals surface area contributed by atoms with Gasteiger partial charge in [-0.15, -0.1) is 0 Å². The van der Waals surface area contributed by atoms with Crippen molar-refractivity contribution in [2.45, 2.75) is 33.2 Å². The van der Waals surface area contributed by atoms with Crippen LogP contribution in [0.1, 0.15) is 48.3 Å². The fourth-order valence-corrected chi connectivity index (χ4v) is 2.44. The maximum Gasteiger partial charge on any atom is 0.255 e. The molecule has 10 nitrogen and oxygen atoms in total. The monoisotopic (exact) mass is 344 g/mol. The second-order valence-corrected chi connectivity index (χ2v) is 6.21. The molecule has 0 aliphatic rings. The number of amides is 1. The molecule has 0 aliphatic heterocycles. The number of carbonyl (C=O) groups is 1. The Morgan fingerprint density at radius 1 is 1.44 bits per heavy atom. The van der Waals surface area contributed by atoms with Crippen LogP contribution < -0.4 is 5.32 Å². The highest BCUT2D eigenvalue weighted by atomic mass is 16.5. The Bertz CT molecular complexity index is 849. The highest BCUT2D eigenvalue weighted by molar-refractivity contribution is 5.95. The fraction of sp³-hybridized carbons (Fsp3) is 0.467. The Hall–Kier alpha value is -3.04. The van der Waals surface area contributed by atoms with Crippen LogP contribution in [-0.4, -0.2) is 41.0 Å². The van der Waals surface area contributed by atoms with Crippen LogP contribution in [0.4, 0.5) is 0 Å². The molecule has 0 spiro atoms. The van der Waals surface area contributed by atoms with E-state index in [-0.39, 0.29) is 5.91 Å². The Morgan fingerprint density at radius 2 is 2.24 bits per heavy atom. The van der Waals surface area contributed by atoms with E-state index in [1.165, 1.54) is 6.33 Å². The van der Waals surface area contributed by atoms with Gasteiger partial charge in [-0.25, -0.2) is 4.98 Å². The molecule has 25 heavy (non-hydrogen) atoms. The minimum absolute atomic E-state index is 0.226. The summed E-state index contributed by atoms with van der Waals surface area (Å²) in [6.07, 6.45) is 3.57. The van der Waals surface area contributed by atoms with E-state index in [4.69, 9.17) is 4.52 Å². The number of carbonyl (C=O) groups excluding carboxylic acids is 1. The molecule has 3 aromatic rings. The summed E-state index contributed by atoms with van der Waals surface area (Å²) in [5.41, 5.74) is 1.31. The largest absolute Gasteiger partial charge is 0.340 e. The van der Waals surface area contributed by atoms with Crippen molar-refractivity contribution in [1.82, 2.24) is 40.4 Å². The van der Waals surface area contributed by atoms with Crippen molar-refractivity contribution < 1.29 is 9.32 Å². The second kappa shape index (κ2) is 6.83. The van der Waals surface area contributed by atoms with Gasteiger partial charge in [-0.3, -0.25) is 14.6 Å². The standard InChI is InChI=1S/C15H20N8O2/c1-8(2)5-11(19-14(24)10-6-18-23(4)9(10)3)15-20-13(22-25-15)12-16-7-17-21-12/h6-8,11H,5H2,1-4H3,(H,19,24)(H,16,17,21)/t11-/m1/s1. The van der Waals surface area contributed by atoms with Gasteiger partial charge in [0.25, 0.3) is 5.91 Å². The Kier molecular flexibility index (Phi) is 4.59. The van der Waals surface area contributed by atoms with E-state index in [0.717, 1.165) is 5.69 Å². The van der Waals surface area contributed by atoms with Crippen molar-refractivity contribution in [3.05, 3.63) is 29.7 Å². The van der Waals surface area contributed by atoms with Gasteiger partial charge in [0.15, 0.2) is 5.82 Å². The van der Waals surface area contributed by atoms with E-state index in [1.807, 2.05) is 6.92 Å². The lowest BCUT2D eigenvalue weighted by atomic mass is 10.0. The first kappa shape index (κ1) is 16.8. The van der Waals surface area contributed by atoms with Crippen LogP contribution in [0.5, 0.6) is 0 Å². The minimum Gasteiger partial charge on any atom is -0.340 e. The fourth-order valence-electron chi connectivity index (χ4n) is 2.44. The molecule has 0 bridgehead atoms. The van der Waals surface area contributed by atoms with Gasteiger partial charge in [-0.1, -0.05) is 19.0 Å². The summed E-state index contributed by atoms with van der Waals surface area (Å²) >= 11 is 0. The summed E-state index contributed by atoms with van der Waals surface area (Å²) in [5, 5.41) is 17.4. The zero-order valence-electron chi connectivity index (χ0n) is 14.5. The maximum absolute atomic E-state index is 12.6. The number of aromatic amines is 1. The molecule has 3 rings (SSSR count). The van der Waals surface area contributed by atoms with Crippen molar-refractivity contribution in [3.63, 3.8) is 0 Å². The zero-order valence-corrected chi connectivity index (χ0v) is 14.5. The molecule has 10 heteroatoms. The molecule has 3 heterocycles. The number of nitrogens with zero attached hydrogens (tertiary/aromatic N) is 6. The summed E-state index contributed by atoms with van der Waals surface area (Å²) < 4.78 is 6.99. The van der Waals surface area contributed by atoms with Crippen molar-refractivity contribution in [2.24, 2.45) is 13.0 Å². The molecular formula is C15H20N8O2. The summed E-state index contributed by atoms with van der Waals surface area (Å²) in [6, 6.07) is -0.406. The van der Waals surface area contributed by atoms with Gasteiger partial charge in [0.2, 0.25) is 11.7 Å². The van der Waals surface area contributed by atoms with Crippen LogP contribution >= 0.6 is 0 Å². The van der Waals surface area contributed by atoms with E-state index in [9.17, 15) is 4.79 Å². The van der Waals surface area contributed by atoms with Gasteiger partial charge in [0.05, 0.1) is 11.8 Å². The van der Waals surface area contributed by atoms with Crippen LogP contribution in [0.3, 0.4) is 0 Å². The number of H-pyrrole nitrogens is 1. The lowest BCUT2D eigenvalue weighted by Crippen LogP contribution is -2.30. The molecule has 132 valence electrons. The molecule has 0 aliphatic carbocycles. The number of hydrogen-bond donors (Lipinski definition) is 2. The Morgan fingerprint density at radius 3 is 2.84 bits per heavy atom. The summed E-state index contributed by atoms with van der Waals surface area (Å²) in [4.78, 5) is 20.9. The highest BCUT2D eigenvalue weighted by Gasteiger charge is 2.25. The second-order valence-electron chi connectivity index (χ2n) is 6.21. The maximum atomic E-state index is 12.6. The summed E-state index contributed by atoms with van der Waals surface area (Å²) in [6.45, 7) is 5.96. The average Bonchev–Trinajstić information content (AvgIpc) is 3.28. The lowest BCUT2D eigenvalue weighted by molar-refractivity contribution is 0.0921. The minimum atomic E-state index is -0.406. The van der Waals surface area contributed by atoms with E-state index in [2.05, 4.69) is 49.6 Å². The Labute approximate surface area is 144 Å². The SMILES string of the molecule is Cc1c(C(=O)N[C@H](CC(C)C)c2nc(-c3ncn[nH]3)no2)cnn1C.